The molecule has 1 N–H and O–H groups in total. The minimum atomic E-state index is -3.70. The summed E-state index contributed by atoms with van der Waals surface area (Å²) in [5.41, 5.74) is 0.390. The number of nitriles is 1. The highest BCUT2D eigenvalue weighted by Gasteiger charge is 2.15. The summed E-state index contributed by atoms with van der Waals surface area (Å²) >= 11 is 0.837. The van der Waals surface area contributed by atoms with Gasteiger partial charge in [0.05, 0.1) is 16.5 Å². The number of hydrogen-bond acceptors (Lipinski definition) is 7. The highest BCUT2D eigenvalue weighted by Crippen LogP contribution is 2.15. The Labute approximate surface area is 101 Å². The lowest BCUT2D eigenvalue weighted by molar-refractivity contribution is 0.601. The lowest BCUT2D eigenvalue weighted by atomic mass is 10.2. The molecule has 1 aromatic carbocycles. The zero-order chi connectivity index (χ0) is 12.3. The Morgan fingerprint density at radius 1 is 1.29 bits per heavy atom. The van der Waals surface area contributed by atoms with Crippen molar-refractivity contribution in [3.63, 3.8) is 0 Å². The lowest BCUT2D eigenvalue weighted by Gasteiger charge is -2.03. The Morgan fingerprint density at radius 3 is 2.53 bits per heavy atom. The summed E-state index contributed by atoms with van der Waals surface area (Å²) in [5, 5.41) is 15.4. The van der Waals surface area contributed by atoms with Crippen LogP contribution in [0.2, 0.25) is 0 Å². The van der Waals surface area contributed by atoms with Crippen molar-refractivity contribution in [2.24, 2.45) is 0 Å². The molecule has 0 saturated heterocycles. The molecule has 0 radical (unpaired) electrons. The van der Waals surface area contributed by atoms with Gasteiger partial charge in [-0.25, -0.2) is 8.42 Å². The molecule has 0 amide bonds. The summed E-state index contributed by atoms with van der Waals surface area (Å²) in [6.07, 6.45) is 0. The van der Waals surface area contributed by atoms with Crippen molar-refractivity contribution in [1.29, 1.82) is 5.26 Å². The van der Waals surface area contributed by atoms with E-state index in [-0.39, 0.29) is 10.0 Å². The third-order valence-electron chi connectivity index (χ3n) is 1.81. The number of benzene rings is 1. The molecule has 0 fully saturated rings. The molecule has 1 aromatic heterocycles. The van der Waals surface area contributed by atoms with Gasteiger partial charge in [0.15, 0.2) is 0 Å². The summed E-state index contributed by atoms with van der Waals surface area (Å²) < 4.78 is 29.3. The van der Waals surface area contributed by atoms with E-state index in [4.69, 9.17) is 5.26 Å². The molecule has 0 aliphatic carbocycles. The zero-order valence-corrected chi connectivity index (χ0v) is 9.86. The van der Waals surface area contributed by atoms with Gasteiger partial charge in [0.1, 0.15) is 0 Å². The first-order valence-electron chi connectivity index (χ1n) is 4.30. The first kappa shape index (κ1) is 11.4. The molecule has 86 valence electrons. The van der Waals surface area contributed by atoms with Crippen LogP contribution in [0.15, 0.2) is 29.2 Å². The van der Waals surface area contributed by atoms with Gasteiger partial charge in [0, 0.05) is 11.5 Å². The van der Waals surface area contributed by atoms with E-state index >= 15 is 0 Å². The maximum atomic E-state index is 11.8. The van der Waals surface area contributed by atoms with Gasteiger partial charge >= 0.3 is 0 Å². The van der Waals surface area contributed by atoms with Gasteiger partial charge in [0.2, 0.25) is 5.13 Å². The molecule has 0 aliphatic rings. The van der Waals surface area contributed by atoms with Crippen LogP contribution in [0.5, 0.6) is 0 Å². The molecule has 0 bridgehead atoms. The van der Waals surface area contributed by atoms with E-state index in [2.05, 4.69) is 19.5 Å². The topological polar surface area (TPSA) is 109 Å². The SMILES string of the molecule is N#Cc1ccc(S(=O)(=O)Nc2nnns2)cc1. The van der Waals surface area contributed by atoms with Crippen LogP contribution in [0, 0.1) is 11.3 Å². The Kier molecular flexibility index (Phi) is 2.99. The smallest absolute Gasteiger partial charge is 0.252 e. The molecule has 9 heteroatoms. The summed E-state index contributed by atoms with van der Waals surface area (Å²) in [6.45, 7) is 0. The van der Waals surface area contributed by atoms with Gasteiger partial charge in [-0.2, -0.15) is 5.26 Å². The highest BCUT2D eigenvalue weighted by atomic mass is 32.2. The van der Waals surface area contributed by atoms with Crippen molar-refractivity contribution in [2.45, 2.75) is 4.90 Å². The van der Waals surface area contributed by atoms with E-state index in [1.807, 2.05) is 6.07 Å². The van der Waals surface area contributed by atoms with Gasteiger partial charge in [0.25, 0.3) is 10.0 Å². The average Bonchev–Trinajstić information content (AvgIpc) is 2.81. The Morgan fingerprint density at radius 2 is 2.00 bits per heavy atom. The number of rotatable bonds is 3. The first-order chi connectivity index (χ1) is 8.12. The molecule has 0 spiro atoms. The number of nitrogens with zero attached hydrogens (tertiary/aromatic N) is 4. The van der Waals surface area contributed by atoms with Crippen LogP contribution in [0.1, 0.15) is 5.56 Å². The molecule has 7 nitrogen and oxygen atoms in total. The molecule has 1 heterocycles. The third-order valence-corrected chi connectivity index (χ3v) is 3.81. The quantitative estimate of drug-likeness (QED) is 0.872. The van der Waals surface area contributed by atoms with Crippen molar-refractivity contribution in [3.8, 4) is 6.07 Å². The molecule has 0 saturated carbocycles. The van der Waals surface area contributed by atoms with Crippen LogP contribution in [0.4, 0.5) is 5.13 Å². The molecule has 0 atom stereocenters. The second-order valence-electron chi connectivity index (χ2n) is 2.91. The average molecular weight is 267 g/mol. The minimum Gasteiger partial charge on any atom is -0.252 e. The maximum absolute atomic E-state index is 11.8. The normalized spacial score (nSPS) is 10.8. The third kappa shape index (κ3) is 2.55. The first-order valence-corrected chi connectivity index (χ1v) is 6.55. The number of anilines is 1. The van der Waals surface area contributed by atoms with Gasteiger partial charge in [-0.3, -0.25) is 4.72 Å². The number of nitrogens with one attached hydrogen (secondary N) is 1. The molecular formula is C8H5N5O2S2. The predicted molar refractivity (Wildman–Crippen MR) is 59.7 cm³/mol. The van der Waals surface area contributed by atoms with Crippen molar-refractivity contribution in [2.75, 3.05) is 4.72 Å². The molecule has 0 aliphatic heterocycles. The lowest BCUT2D eigenvalue weighted by Crippen LogP contribution is -2.12. The second kappa shape index (κ2) is 4.44. The fourth-order valence-electron chi connectivity index (χ4n) is 1.06. The fourth-order valence-corrected chi connectivity index (χ4v) is 2.64. The number of aromatic nitrogens is 3. The fraction of sp³-hybridized carbons (Fsp3) is 0. The Hall–Kier alpha value is -2.05. The van der Waals surface area contributed by atoms with Crippen LogP contribution in [-0.2, 0) is 10.0 Å². The second-order valence-corrected chi connectivity index (χ2v) is 5.32. The van der Waals surface area contributed by atoms with Crippen LogP contribution in [-0.4, -0.2) is 23.2 Å². The highest BCUT2D eigenvalue weighted by molar-refractivity contribution is 7.93. The van der Waals surface area contributed by atoms with Crippen molar-refractivity contribution in [1.82, 2.24) is 14.8 Å². The van der Waals surface area contributed by atoms with Gasteiger partial charge in [-0.1, -0.05) is 9.59 Å². The predicted octanol–water partition coefficient (Wildman–Crippen LogP) is 0.606. The number of sulfonamides is 1. The summed E-state index contributed by atoms with van der Waals surface area (Å²) in [7, 11) is -3.70. The Bertz CT molecular complexity index is 642. The van der Waals surface area contributed by atoms with E-state index in [1.165, 1.54) is 24.3 Å². The standard InChI is InChI=1S/C8H5N5O2S2/c9-5-6-1-3-7(4-2-6)17(14,15)11-8-10-12-13-16-8/h1-4H,(H,10,11,13). The largest absolute Gasteiger partial charge is 0.263 e. The number of hydrogen-bond donors (Lipinski definition) is 1. The van der Waals surface area contributed by atoms with Crippen molar-refractivity contribution >= 4 is 26.7 Å². The van der Waals surface area contributed by atoms with Crippen molar-refractivity contribution < 1.29 is 8.42 Å². The van der Waals surface area contributed by atoms with E-state index in [1.54, 1.807) is 0 Å². The molecule has 17 heavy (non-hydrogen) atoms. The van der Waals surface area contributed by atoms with Crippen LogP contribution >= 0.6 is 11.5 Å². The van der Waals surface area contributed by atoms with Gasteiger partial charge < -0.3 is 0 Å². The van der Waals surface area contributed by atoms with E-state index < -0.39 is 10.0 Å². The van der Waals surface area contributed by atoms with Gasteiger partial charge in [-0.05, 0) is 29.5 Å². The zero-order valence-electron chi connectivity index (χ0n) is 8.23. The summed E-state index contributed by atoms with van der Waals surface area (Å²) in [5.74, 6) is 0. The molecule has 2 aromatic rings. The summed E-state index contributed by atoms with van der Waals surface area (Å²) in [6, 6.07) is 7.44. The van der Waals surface area contributed by atoms with Crippen LogP contribution < -0.4 is 4.72 Å². The summed E-state index contributed by atoms with van der Waals surface area (Å²) in [4.78, 5) is 0.0479. The minimum absolute atomic E-state index is 0.0479. The van der Waals surface area contributed by atoms with E-state index in [0.717, 1.165) is 11.5 Å². The van der Waals surface area contributed by atoms with Crippen molar-refractivity contribution in [3.05, 3.63) is 29.8 Å². The molecule has 2 rings (SSSR count). The molecular weight excluding hydrogens is 262 g/mol. The Balaban J connectivity index is 2.29. The van der Waals surface area contributed by atoms with Gasteiger partial charge in [-0.15, -0.1) is 0 Å². The monoisotopic (exact) mass is 267 g/mol. The van der Waals surface area contributed by atoms with E-state index in [9.17, 15) is 8.42 Å². The molecule has 0 unspecified atom stereocenters. The van der Waals surface area contributed by atoms with Crippen LogP contribution in [0.3, 0.4) is 0 Å². The maximum Gasteiger partial charge on any atom is 0.263 e. The van der Waals surface area contributed by atoms with Crippen LogP contribution in [0.25, 0.3) is 0 Å². The van der Waals surface area contributed by atoms with E-state index in [0.29, 0.717) is 5.56 Å².